The van der Waals surface area contributed by atoms with Crippen molar-refractivity contribution in [2.75, 3.05) is 7.05 Å². The third-order valence-corrected chi connectivity index (χ3v) is 5.34. The molecule has 0 N–H and O–H groups in total. The number of nitrogens with zero attached hydrogens (tertiary/aromatic N) is 5. The van der Waals surface area contributed by atoms with Crippen LogP contribution in [0.1, 0.15) is 40.1 Å². The van der Waals surface area contributed by atoms with Gasteiger partial charge in [0.15, 0.2) is 0 Å². The lowest BCUT2D eigenvalue weighted by Gasteiger charge is -2.22. The molecule has 24 heavy (non-hydrogen) atoms. The van der Waals surface area contributed by atoms with Gasteiger partial charge in [-0.3, -0.25) is 4.90 Å². The Bertz CT molecular complexity index is 847. The van der Waals surface area contributed by atoms with Gasteiger partial charge in [-0.15, -0.1) is 21.5 Å². The fraction of sp³-hybridized carbons (Fsp3) is 0.471. The average Bonchev–Trinajstić information content (AvgIpc) is 3.20. The summed E-state index contributed by atoms with van der Waals surface area (Å²) < 4.78 is 7.90. The maximum Gasteiger partial charge on any atom is 0.264 e. The largest absolute Gasteiger partial charge is 0.418 e. The molecule has 0 unspecified atom stereocenters. The number of aromatic nitrogens is 4. The minimum absolute atomic E-state index is 0.197. The molecule has 3 heterocycles. The van der Waals surface area contributed by atoms with Crippen LogP contribution in [0.15, 0.2) is 16.5 Å². The lowest BCUT2D eigenvalue weighted by Crippen LogP contribution is -2.23. The van der Waals surface area contributed by atoms with Crippen LogP contribution in [0.4, 0.5) is 0 Å². The molecule has 3 aromatic heterocycles. The molecule has 0 saturated heterocycles. The molecule has 3 aromatic rings. The number of hydrogen-bond acceptors (Lipinski definition) is 6. The van der Waals surface area contributed by atoms with Crippen LogP contribution in [-0.2, 0) is 13.6 Å². The standard InChI is InChI=1S/C17H23N5OS/c1-10-7-8-14(22(10)6)17-20-19-15(23-17)9-21(5)11(2)16-12(3)24-13(4)18-16/h7-8,11H,9H2,1-6H3/t11-/m1/s1. The van der Waals surface area contributed by atoms with E-state index in [1.807, 2.05) is 30.7 Å². The van der Waals surface area contributed by atoms with Gasteiger partial charge in [0.05, 0.1) is 23.3 Å². The Morgan fingerprint density at radius 3 is 2.58 bits per heavy atom. The van der Waals surface area contributed by atoms with E-state index in [4.69, 9.17) is 4.42 Å². The molecule has 7 heteroatoms. The first kappa shape index (κ1) is 16.9. The van der Waals surface area contributed by atoms with Crippen LogP contribution in [0.5, 0.6) is 0 Å². The van der Waals surface area contributed by atoms with Gasteiger partial charge in [-0.05, 0) is 46.9 Å². The normalized spacial score (nSPS) is 13.0. The highest BCUT2D eigenvalue weighted by molar-refractivity contribution is 7.11. The monoisotopic (exact) mass is 345 g/mol. The summed E-state index contributed by atoms with van der Waals surface area (Å²) in [5, 5.41) is 9.49. The smallest absolute Gasteiger partial charge is 0.264 e. The van der Waals surface area contributed by atoms with Gasteiger partial charge in [0.25, 0.3) is 5.89 Å². The van der Waals surface area contributed by atoms with Crippen LogP contribution in [0.2, 0.25) is 0 Å². The molecule has 0 radical (unpaired) electrons. The Kier molecular flexibility index (Phi) is 4.56. The topological polar surface area (TPSA) is 60.0 Å². The summed E-state index contributed by atoms with van der Waals surface area (Å²) in [6.45, 7) is 8.95. The molecule has 0 amide bonds. The van der Waals surface area contributed by atoms with Crippen LogP contribution < -0.4 is 0 Å². The van der Waals surface area contributed by atoms with E-state index in [1.165, 1.54) is 4.88 Å². The second kappa shape index (κ2) is 6.49. The van der Waals surface area contributed by atoms with E-state index >= 15 is 0 Å². The lowest BCUT2D eigenvalue weighted by atomic mass is 10.2. The molecule has 0 bridgehead atoms. The van der Waals surface area contributed by atoms with Crippen molar-refractivity contribution in [3.63, 3.8) is 0 Å². The summed E-state index contributed by atoms with van der Waals surface area (Å²) in [4.78, 5) is 8.08. The van der Waals surface area contributed by atoms with E-state index in [0.717, 1.165) is 22.1 Å². The third kappa shape index (κ3) is 3.14. The van der Waals surface area contributed by atoms with E-state index in [2.05, 4.69) is 47.9 Å². The second-order valence-corrected chi connectivity index (χ2v) is 7.59. The van der Waals surface area contributed by atoms with Crippen molar-refractivity contribution in [2.24, 2.45) is 7.05 Å². The first-order valence-electron chi connectivity index (χ1n) is 7.96. The quantitative estimate of drug-likeness (QED) is 0.706. The SMILES string of the molecule is Cc1nc([C@@H](C)N(C)Cc2nnc(-c3ccc(C)n3C)o2)c(C)s1. The summed E-state index contributed by atoms with van der Waals surface area (Å²) >= 11 is 1.73. The molecule has 6 nitrogen and oxygen atoms in total. The van der Waals surface area contributed by atoms with Crippen molar-refractivity contribution < 1.29 is 4.42 Å². The van der Waals surface area contributed by atoms with Crippen LogP contribution in [-0.4, -0.2) is 31.7 Å². The summed E-state index contributed by atoms with van der Waals surface area (Å²) in [7, 11) is 4.05. The molecule has 0 aliphatic rings. The highest BCUT2D eigenvalue weighted by Crippen LogP contribution is 2.27. The van der Waals surface area contributed by atoms with E-state index in [-0.39, 0.29) is 6.04 Å². The van der Waals surface area contributed by atoms with E-state index in [1.54, 1.807) is 11.3 Å². The molecule has 1 atom stereocenters. The van der Waals surface area contributed by atoms with Crippen molar-refractivity contribution in [3.8, 4) is 11.6 Å². The van der Waals surface area contributed by atoms with E-state index < -0.39 is 0 Å². The fourth-order valence-electron chi connectivity index (χ4n) is 2.74. The molecule has 0 fully saturated rings. The number of rotatable bonds is 5. The van der Waals surface area contributed by atoms with Crippen LogP contribution in [0.3, 0.4) is 0 Å². The molecule has 0 spiro atoms. The lowest BCUT2D eigenvalue weighted by molar-refractivity contribution is 0.225. The maximum atomic E-state index is 5.85. The predicted molar refractivity (Wildman–Crippen MR) is 94.9 cm³/mol. The first-order chi connectivity index (χ1) is 11.4. The average molecular weight is 345 g/mol. The van der Waals surface area contributed by atoms with E-state index in [9.17, 15) is 0 Å². The highest BCUT2D eigenvalue weighted by Gasteiger charge is 2.20. The van der Waals surface area contributed by atoms with Crippen LogP contribution >= 0.6 is 11.3 Å². The fourth-order valence-corrected chi connectivity index (χ4v) is 3.65. The molecule has 0 saturated carbocycles. The van der Waals surface area contributed by atoms with Gasteiger partial charge >= 0.3 is 0 Å². The maximum absolute atomic E-state index is 5.85. The second-order valence-electron chi connectivity index (χ2n) is 6.19. The summed E-state index contributed by atoms with van der Waals surface area (Å²) in [6, 6.07) is 4.24. The zero-order valence-corrected chi connectivity index (χ0v) is 15.8. The minimum atomic E-state index is 0.197. The third-order valence-electron chi connectivity index (χ3n) is 4.44. The highest BCUT2D eigenvalue weighted by atomic mass is 32.1. The number of hydrogen-bond donors (Lipinski definition) is 0. The zero-order chi connectivity index (χ0) is 17.4. The van der Waals surface area contributed by atoms with Gasteiger partial charge in [0.1, 0.15) is 5.69 Å². The van der Waals surface area contributed by atoms with Crippen molar-refractivity contribution in [3.05, 3.63) is 39.3 Å². The van der Waals surface area contributed by atoms with Gasteiger partial charge in [-0.25, -0.2) is 4.98 Å². The van der Waals surface area contributed by atoms with Gasteiger partial charge < -0.3 is 8.98 Å². The predicted octanol–water partition coefficient (Wildman–Crippen LogP) is 3.65. The number of thiazole rings is 1. The first-order valence-corrected chi connectivity index (χ1v) is 8.77. The Balaban J connectivity index is 1.74. The molecular formula is C17H23N5OS. The van der Waals surface area contributed by atoms with Crippen molar-refractivity contribution >= 4 is 11.3 Å². The van der Waals surface area contributed by atoms with E-state index in [0.29, 0.717) is 18.3 Å². The minimum Gasteiger partial charge on any atom is -0.418 e. The summed E-state index contributed by atoms with van der Waals surface area (Å²) in [6.07, 6.45) is 0. The molecule has 0 aliphatic carbocycles. The molecule has 0 aliphatic heterocycles. The summed E-state index contributed by atoms with van der Waals surface area (Å²) in [5.74, 6) is 1.17. The zero-order valence-electron chi connectivity index (χ0n) is 15.0. The van der Waals surface area contributed by atoms with Crippen LogP contribution in [0, 0.1) is 20.8 Å². The van der Waals surface area contributed by atoms with Crippen molar-refractivity contribution in [2.45, 2.75) is 40.3 Å². The number of aryl methyl sites for hydroxylation is 3. The molecular weight excluding hydrogens is 322 g/mol. The Morgan fingerprint density at radius 1 is 1.25 bits per heavy atom. The van der Waals surface area contributed by atoms with Gasteiger partial charge in [0, 0.05) is 17.6 Å². The Labute approximate surface area is 146 Å². The summed E-state index contributed by atoms with van der Waals surface area (Å²) in [5.41, 5.74) is 3.22. The van der Waals surface area contributed by atoms with Gasteiger partial charge in [0.2, 0.25) is 5.89 Å². The molecule has 128 valence electrons. The van der Waals surface area contributed by atoms with Gasteiger partial charge in [-0.2, -0.15) is 0 Å². The van der Waals surface area contributed by atoms with Gasteiger partial charge in [-0.1, -0.05) is 0 Å². The Hall–Kier alpha value is -1.99. The Morgan fingerprint density at radius 2 is 2.00 bits per heavy atom. The molecule has 0 aromatic carbocycles. The molecule has 3 rings (SSSR count). The van der Waals surface area contributed by atoms with Crippen LogP contribution in [0.25, 0.3) is 11.6 Å². The van der Waals surface area contributed by atoms with Crippen molar-refractivity contribution in [1.29, 1.82) is 0 Å². The van der Waals surface area contributed by atoms with Crippen molar-refractivity contribution in [1.82, 2.24) is 24.6 Å².